The lowest BCUT2D eigenvalue weighted by atomic mass is 10.4. The van der Waals surface area contributed by atoms with E-state index in [4.69, 9.17) is 9.92 Å². The van der Waals surface area contributed by atoms with Gasteiger partial charge in [-0.15, -0.1) is 0 Å². The number of benzene rings is 1. The summed E-state index contributed by atoms with van der Waals surface area (Å²) in [7, 11) is -4.17. The Balaban J connectivity index is 2.22. The maximum atomic E-state index is 12.2. The van der Waals surface area contributed by atoms with Gasteiger partial charge in [-0.1, -0.05) is 30.0 Å². The minimum Gasteiger partial charge on any atom is -0.383 e. The second kappa shape index (κ2) is 6.62. The second-order valence-corrected chi connectivity index (χ2v) is 6.66. The molecule has 11 heteroatoms. The van der Waals surface area contributed by atoms with Crippen molar-refractivity contribution in [1.82, 2.24) is 9.97 Å². The molecule has 0 aliphatic rings. The van der Waals surface area contributed by atoms with Crippen molar-refractivity contribution >= 4 is 27.7 Å². The average Bonchev–Trinajstić information content (AvgIpc) is 2.44. The number of nitrogens with zero attached hydrogens (tertiary/aromatic N) is 2. The molecule has 0 spiro atoms. The number of nitrogen functional groups attached to an aromatic ring is 1. The molecule has 2 N–H and O–H groups in total. The highest BCUT2D eigenvalue weighted by Crippen LogP contribution is 2.27. The molecular formula is C12H10F3N3O3S2. The summed E-state index contributed by atoms with van der Waals surface area (Å²) in [5.41, 5.74) is 5.44. The smallest absolute Gasteiger partial charge is 0.383 e. The number of anilines is 1. The molecule has 0 saturated carbocycles. The summed E-state index contributed by atoms with van der Waals surface area (Å²) in [5, 5.41) is -0.333. The van der Waals surface area contributed by atoms with Gasteiger partial charge in [-0.2, -0.15) is 26.6 Å². The number of rotatable bonds is 5. The third-order valence-electron chi connectivity index (χ3n) is 2.29. The maximum Gasteiger partial charge on any atom is 0.398 e. The first kappa shape index (κ1) is 17.3. The summed E-state index contributed by atoms with van der Waals surface area (Å²) in [6.07, 6.45) is -4.42. The van der Waals surface area contributed by atoms with E-state index < -0.39 is 27.9 Å². The molecule has 1 heterocycles. The van der Waals surface area contributed by atoms with Gasteiger partial charge in [-0.3, -0.25) is 0 Å². The molecule has 0 saturated heterocycles. The largest absolute Gasteiger partial charge is 0.398 e. The highest BCUT2D eigenvalue weighted by atomic mass is 32.2. The predicted octanol–water partition coefficient (Wildman–Crippen LogP) is 2.48. The van der Waals surface area contributed by atoms with E-state index in [1.807, 2.05) is 0 Å². The van der Waals surface area contributed by atoms with Crippen molar-refractivity contribution in [3.63, 3.8) is 0 Å². The minimum atomic E-state index is -4.42. The van der Waals surface area contributed by atoms with Crippen LogP contribution in [-0.4, -0.2) is 30.3 Å². The lowest BCUT2D eigenvalue weighted by molar-refractivity contribution is -0.105. The molecule has 0 radical (unpaired) electrons. The van der Waals surface area contributed by atoms with Gasteiger partial charge >= 0.3 is 16.3 Å². The van der Waals surface area contributed by atoms with E-state index in [1.54, 1.807) is 6.07 Å². The summed E-state index contributed by atoms with van der Waals surface area (Å²) in [4.78, 5) is 7.09. The Kier molecular flexibility index (Phi) is 5.00. The van der Waals surface area contributed by atoms with Crippen molar-refractivity contribution in [2.45, 2.75) is 16.2 Å². The Morgan fingerprint density at radius 1 is 1.17 bits per heavy atom. The van der Waals surface area contributed by atoms with E-state index in [0.717, 1.165) is 6.07 Å². The van der Waals surface area contributed by atoms with Gasteiger partial charge in [0, 0.05) is 6.07 Å². The Hall–Kier alpha value is -2.01. The number of hydrogen-bond donors (Lipinski definition) is 1. The zero-order valence-electron chi connectivity index (χ0n) is 11.3. The molecule has 2 rings (SSSR count). The zero-order chi connectivity index (χ0) is 17.1. The van der Waals surface area contributed by atoms with Crippen molar-refractivity contribution < 1.29 is 25.8 Å². The van der Waals surface area contributed by atoms with Crippen LogP contribution in [0, 0.1) is 0 Å². The van der Waals surface area contributed by atoms with Gasteiger partial charge in [0.25, 0.3) is 0 Å². The molecule has 6 nitrogen and oxygen atoms in total. The zero-order valence-corrected chi connectivity index (χ0v) is 13.0. The average molecular weight is 365 g/mol. The minimum absolute atomic E-state index is 0.123. The number of hydrogen-bond acceptors (Lipinski definition) is 7. The summed E-state index contributed by atoms with van der Waals surface area (Å²) >= 11 is 0.275. The summed E-state index contributed by atoms with van der Waals surface area (Å²) < 4.78 is 65.5. The molecule has 0 aliphatic carbocycles. The first-order valence-electron chi connectivity index (χ1n) is 5.99. The van der Waals surface area contributed by atoms with Gasteiger partial charge in [0.1, 0.15) is 10.7 Å². The van der Waals surface area contributed by atoms with E-state index in [1.165, 1.54) is 24.3 Å². The van der Waals surface area contributed by atoms with E-state index in [9.17, 15) is 21.6 Å². The SMILES string of the molecule is Nc1cc(OS(=O)(=O)c2ccccc2)nc(SCC(F)(F)F)n1. The van der Waals surface area contributed by atoms with Crippen molar-refractivity contribution in [2.75, 3.05) is 11.5 Å². The molecule has 0 bridgehead atoms. The molecule has 0 amide bonds. The number of aromatic nitrogens is 2. The van der Waals surface area contributed by atoms with E-state index >= 15 is 0 Å². The molecule has 1 aromatic heterocycles. The molecule has 1 aromatic carbocycles. The van der Waals surface area contributed by atoms with Crippen LogP contribution in [0.25, 0.3) is 0 Å². The van der Waals surface area contributed by atoms with E-state index in [-0.39, 0.29) is 27.6 Å². The predicted molar refractivity (Wildman–Crippen MR) is 77.5 cm³/mol. The lowest BCUT2D eigenvalue weighted by Gasteiger charge is -2.09. The maximum absolute atomic E-state index is 12.2. The van der Waals surface area contributed by atoms with Crippen molar-refractivity contribution in [3.05, 3.63) is 36.4 Å². The molecule has 124 valence electrons. The van der Waals surface area contributed by atoms with Crippen LogP contribution >= 0.6 is 11.8 Å². The van der Waals surface area contributed by atoms with Crippen LogP contribution in [0.5, 0.6) is 5.88 Å². The molecule has 0 aliphatic heterocycles. The number of nitrogens with two attached hydrogens (primary N) is 1. The second-order valence-electron chi connectivity index (χ2n) is 4.17. The van der Waals surface area contributed by atoms with E-state index in [2.05, 4.69) is 9.97 Å². The standard InChI is InChI=1S/C12H10F3N3O3S2/c13-12(14,15)7-22-11-17-9(16)6-10(18-11)21-23(19,20)8-4-2-1-3-5-8/h1-6H,7H2,(H2,16,17,18). The molecule has 23 heavy (non-hydrogen) atoms. The van der Waals surface area contributed by atoms with Gasteiger partial charge in [-0.25, -0.2) is 4.98 Å². The normalized spacial score (nSPS) is 12.1. The third-order valence-corrected chi connectivity index (χ3v) is 4.45. The Morgan fingerprint density at radius 3 is 2.43 bits per heavy atom. The molecular weight excluding hydrogens is 355 g/mol. The van der Waals surface area contributed by atoms with Crippen LogP contribution in [0.4, 0.5) is 19.0 Å². The topological polar surface area (TPSA) is 95.2 Å². The fourth-order valence-electron chi connectivity index (χ4n) is 1.42. The highest BCUT2D eigenvalue weighted by Gasteiger charge is 2.28. The van der Waals surface area contributed by atoms with Crippen LogP contribution in [0.15, 0.2) is 46.5 Å². The van der Waals surface area contributed by atoms with Crippen LogP contribution in [-0.2, 0) is 10.1 Å². The van der Waals surface area contributed by atoms with Crippen molar-refractivity contribution in [1.29, 1.82) is 0 Å². The monoisotopic (exact) mass is 365 g/mol. The first-order valence-corrected chi connectivity index (χ1v) is 8.39. The van der Waals surface area contributed by atoms with Crippen molar-refractivity contribution in [2.24, 2.45) is 0 Å². The number of thioether (sulfide) groups is 1. The van der Waals surface area contributed by atoms with Gasteiger partial charge < -0.3 is 9.92 Å². The number of halogens is 3. The Labute approximate surface area is 134 Å². The fourth-order valence-corrected chi connectivity index (χ4v) is 2.94. The third kappa shape index (κ3) is 5.28. The summed E-state index contributed by atoms with van der Waals surface area (Å²) in [5.74, 6) is -1.89. The Morgan fingerprint density at radius 2 is 1.83 bits per heavy atom. The van der Waals surface area contributed by atoms with Gasteiger partial charge in [-0.05, 0) is 12.1 Å². The Bertz CT molecular complexity index is 783. The van der Waals surface area contributed by atoms with Crippen LogP contribution in [0.3, 0.4) is 0 Å². The summed E-state index contributed by atoms with van der Waals surface area (Å²) in [6.45, 7) is 0. The van der Waals surface area contributed by atoms with E-state index in [0.29, 0.717) is 0 Å². The molecule has 0 fully saturated rings. The van der Waals surface area contributed by atoms with Crippen LogP contribution in [0.2, 0.25) is 0 Å². The molecule has 0 unspecified atom stereocenters. The number of alkyl halides is 3. The highest BCUT2D eigenvalue weighted by molar-refractivity contribution is 7.99. The quantitative estimate of drug-likeness (QED) is 0.494. The van der Waals surface area contributed by atoms with Crippen LogP contribution < -0.4 is 9.92 Å². The lowest BCUT2D eigenvalue weighted by Crippen LogP contribution is -2.13. The van der Waals surface area contributed by atoms with Gasteiger partial charge in [0.05, 0.1) is 5.75 Å². The van der Waals surface area contributed by atoms with Crippen LogP contribution in [0.1, 0.15) is 0 Å². The van der Waals surface area contributed by atoms with Gasteiger partial charge in [0.2, 0.25) is 5.88 Å². The van der Waals surface area contributed by atoms with Crippen molar-refractivity contribution in [3.8, 4) is 5.88 Å². The molecule has 2 aromatic rings. The van der Waals surface area contributed by atoms with Gasteiger partial charge in [0.15, 0.2) is 5.16 Å². The summed E-state index contributed by atoms with van der Waals surface area (Å²) in [6, 6.07) is 8.23. The fraction of sp³-hybridized carbons (Fsp3) is 0.167. The first-order chi connectivity index (χ1) is 10.7. The molecule has 0 atom stereocenters.